The Hall–Kier alpha value is -2.65. The Labute approximate surface area is 133 Å². The van der Waals surface area contributed by atoms with E-state index in [2.05, 4.69) is 9.47 Å². The van der Waals surface area contributed by atoms with Crippen LogP contribution < -0.4 is 5.32 Å². The molecule has 0 radical (unpaired) electrons. The van der Waals surface area contributed by atoms with Gasteiger partial charge in [-0.2, -0.15) is 0 Å². The maximum atomic E-state index is 13.6. The first-order chi connectivity index (χ1) is 11.2. The summed E-state index contributed by atoms with van der Waals surface area (Å²) >= 11 is 0. The topological polar surface area (TPSA) is 64.6 Å². The Kier molecular flexibility index (Phi) is 6.69. The highest BCUT2D eigenvalue weighted by atomic mass is 19.2. The van der Waals surface area contributed by atoms with Crippen LogP contribution in [0.1, 0.15) is 13.8 Å². The zero-order chi connectivity index (χ0) is 18.4. The molecule has 1 aromatic carbocycles. The van der Waals surface area contributed by atoms with Crippen molar-refractivity contribution in [2.45, 2.75) is 13.8 Å². The molecule has 132 valence electrons. The average molecular weight is 353 g/mol. The molecule has 0 aliphatic carbocycles. The van der Waals surface area contributed by atoms with Crippen LogP contribution in [0.2, 0.25) is 0 Å². The summed E-state index contributed by atoms with van der Waals surface area (Å²) in [6.07, 6.45) is 0.472. The van der Waals surface area contributed by atoms with Crippen molar-refractivity contribution in [1.82, 2.24) is 0 Å². The normalized spacial score (nSPS) is 11.2. The van der Waals surface area contributed by atoms with Gasteiger partial charge in [-0.15, -0.1) is 0 Å². The lowest BCUT2D eigenvalue weighted by Gasteiger charge is -2.13. The number of rotatable bonds is 6. The van der Waals surface area contributed by atoms with Gasteiger partial charge in [-0.05, 0) is 13.8 Å². The zero-order valence-electron chi connectivity index (χ0n) is 12.5. The van der Waals surface area contributed by atoms with Crippen LogP contribution in [0.15, 0.2) is 11.8 Å². The molecule has 0 spiro atoms. The van der Waals surface area contributed by atoms with E-state index in [9.17, 15) is 31.5 Å². The van der Waals surface area contributed by atoms with Gasteiger partial charge in [0.25, 0.3) is 0 Å². The highest BCUT2D eigenvalue weighted by Crippen LogP contribution is 2.28. The number of anilines is 1. The van der Waals surface area contributed by atoms with Crippen molar-refractivity contribution in [1.29, 1.82) is 0 Å². The van der Waals surface area contributed by atoms with Crippen molar-refractivity contribution in [3.63, 3.8) is 0 Å². The van der Waals surface area contributed by atoms with E-state index in [1.165, 1.54) is 13.8 Å². The lowest BCUT2D eigenvalue weighted by molar-refractivity contribution is -0.140. The van der Waals surface area contributed by atoms with Crippen LogP contribution in [0.4, 0.5) is 27.6 Å². The van der Waals surface area contributed by atoms with Crippen molar-refractivity contribution in [3.8, 4) is 0 Å². The van der Waals surface area contributed by atoms with Crippen molar-refractivity contribution >= 4 is 17.6 Å². The molecule has 0 saturated carbocycles. The van der Waals surface area contributed by atoms with E-state index in [4.69, 9.17) is 0 Å². The maximum absolute atomic E-state index is 13.6. The summed E-state index contributed by atoms with van der Waals surface area (Å²) in [6.45, 7) is 2.61. The first-order valence-electron chi connectivity index (χ1n) is 6.58. The minimum Gasteiger partial charge on any atom is -0.463 e. The Morgan fingerprint density at radius 2 is 1.33 bits per heavy atom. The zero-order valence-corrected chi connectivity index (χ0v) is 12.5. The molecule has 5 nitrogen and oxygen atoms in total. The fourth-order valence-electron chi connectivity index (χ4n) is 1.51. The van der Waals surface area contributed by atoms with Gasteiger partial charge in [0.15, 0.2) is 23.3 Å². The number of carbonyl (C=O) groups is 2. The number of ether oxygens (including phenoxy) is 2. The number of halogens is 5. The number of hydrogen-bond acceptors (Lipinski definition) is 5. The summed E-state index contributed by atoms with van der Waals surface area (Å²) in [4.78, 5) is 23.0. The molecular formula is C14H12F5NO4. The third-order valence-corrected chi connectivity index (χ3v) is 2.51. The number of carbonyl (C=O) groups excluding carboxylic acids is 2. The first-order valence-corrected chi connectivity index (χ1v) is 6.58. The molecule has 10 heteroatoms. The molecule has 0 unspecified atom stereocenters. The van der Waals surface area contributed by atoms with Crippen molar-refractivity contribution in [2.24, 2.45) is 0 Å². The molecule has 0 atom stereocenters. The van der Waals surface area contributed by atoms with E-state index in [-0.39, 0.29) is 13.2 Å². The molecule has 1 N–H and O–H groups in total. The van der Waals surface area contributed by atoms with E-state index in [0.29, 0.717) is 6.08 Å². The molecule has 1 aromatic rings. The van der Waals surface area contributed by atoms with E-state index in [1.807, 2.05) is 0 Å². The van der Waals surface area contributed by atoms with Crippen molar-refractivity contribution in [3.05, 3.63) is 40.9 Å². The largest absolute Gasteiger partial charge is 0.463 e. The van der Waals surface area contributed by atoms with Gasteiger partial charge in [-0.25, -0.2) is 31.5 Å². The van der Waals surface area contributed by atoms with Crippen LogP contribution in [0.5, 0.6) is 0 Å². The summed E-state index contributed by atoms with van der Waals surface area (Å²) < 4.78 is 75.6. The summed E-state index contributed by atoms with van der Waals surface area (Å²) in [5, 5.41) is 1.69. The minimum atomic E-state index is -2.36. The Balaban J connectivity index is 3.34. The van der Waals surface area contributed by atoms with Crippen LogP contribution in [-0.4, -0.2) is 25.2 Å². The smallest absolute Gasteiger partial charge is 0.355 e. The molecular weight excluding hydrogens is 341 g/mol. The molecule has 24 heavy (non-hydrogen) atoms. The number of esters is 2. The fourth-order valence-corrected chi connectivity index (χ4v) is 1.51. The number of benzene rings is 1. The van der Waals surface area contributed by atoms with E-state index in [1.54, 1.807) is 5.32 Å². The standard InChI is InChI=1S/C14H12F5NO4/c1-3-23-7(21)5-6(14(22)24-4-2)20-13-11(18)9(16)8(15)10(17)12(13)19/h5,20H,3-4H2,1-2H3/b6-5+. The first kappa shape index (κ1) is 19.4. The summed E-state index contributed by atoms with van der Waals surface area (Å²) in [7, 11) is 0. The van der Waals surface area contributed by atoms with Crippen LogP contribution >= 0.6 is 0 Å². The third kappa shape index (κ3) is 4.21. The molecule has 0 aliphatic rings. The lowest BCUT2D eigenvalue weighted by Crippen LogP contribution is -2.19. The summed E-state index contributed by atoms with van der Waals surface area (Å²) in [5.74, 6) is -13.5. The SMILES string of the molecule is CCOC(=O)/C=C(/Nc1c(F)c(F)c(F)c(F)c1F)C(=O)OCC. The molecule has 0 saturated heterocycles. The Morgan fingerprint density at radius 3 is 1.79 bits per heavy atom. The van der Waals surface area contributed by atoms with Gasteiger partial charge < -0.3 is 14.8 Å². The lowest BCUT2D eigenvalue weighted by atomic mass is 10.2. The monoisotopic (exact) mass is 353 g/mol. The number of nitrogens with one attached hydrogen (secondary N) is 1. The predicted molar refractivity (Wildman–Crippen MR) is 71.2 cm³/mol. The predicted octanol–water partition coefficient (Wildman–Crippen LogP) is 2.80. The molecule has 0 fully saturated rings. The van der Waals surface area contributed by atoms with Gasteiger partial charge in [0.2, 0.25) is 5.82 Å². The van der Waals surface area contributed by atoms with E-state index < -0.39 is 52.4 Å². The third-order valence-electron chi connectivity index (χ3n) is 2.51. The van der Waals surface area contributed by atoms with Crippen molar-refractivity contribution in [2.75, 3.05) is 18.5 Å². The van der Waals surface area contributed by atoms with Crippen LogP contribution in [0.3, 0.4) is 0 Å². The highest BCUT2D eigenvalue weighted by molar-refractivity contribution is 5.98. The van der Waals surface area contributed by atoms with Gasteiger partial charge in [0, 0.05) is 0 Å². The summed E-state index contributed by atoms with van der Waals surface area (Å²) in [5.41, 5.74) is -2.37. The van der Waals surface area contributed by atoms with Crippen LogP contribution in [-0.2, 0) is 19.1 Å². The average Bonchev–Trinajstić information content (AvgIpc) is 2.54. The second kappa shape index (κ2) is 8.27. The Morgan fingerprint density at radius 1 is 0.875 bits per heavy atom. The second-order valence-electron chi connectivity index (χ2n) is 4.10. The summed E-state index contributed by atoms with van der Waals surface area (Å²) in [6, 6.07) is 0. The quantitative estimate of drug-likeness (QED) is 0.280. The number of hydrogen-bond donors (Lipinski definition) is 1. The van der Waals surface area contributed by atoms with Gasteiger partial charge in [-0.3, -0.25) is 0 Å². The molecule has 1 rings (SSSR count). The van der Waals surface area contributed by atoms with Gasteiger partial charge in [0.1, 0.15) is 11.4 Å². The molecule has 0 bridgehead atoms. The van der Waals surface area contributed by atoms with Gasteiger partial charge >= 0.3 is 11.9 Å². The minimum absolute atomic E-state index is 0.0754. The van der Waals surface area contributed by atoms with E-state index >= 15 is 0 Å². The molecule has 0 aliphatic heterocycles. The van der Waals surface area contributed by atoms with Gasteiger partial charge in [0.05, 0.1) is 19.3 Å². The maximum Gasteiger partial charge on any atom is 0.355 e. The second-order valence-corrected chi connectivity index (χ2v) is 4.10. The van der Waals surface area contributed by atoms with Gasteiger partial charge in [-0.1, -0.05) is 0 Å². The van der Waals surface area contributed by atoms with Crippen molar-refractivity contribution < 1.29 is 41.0 Å². The highest BCUT2D eigenvalue weighted by Gasteiger charge is 2.27. The molecule has 0 amide bonds. The van der Waals surface area contributed by atoms with Crippen LogP contribution in [0, 0.1) is 29.1 Å². The Bertz CT molecular complexity index is 661. The fraction of sp³-hybridized carbons (Fsp3) is 0.286. The molecule has 0 heterocycles. The van der Waals surface area contributed by atoms with E-state index in [0.717, 1.165) is 0 Å². The van der Waals surface area contributed by atoms with Crippen LogP contribution in [0.25, 0.3) is 0 Å². The molecule has 0 aromatic heterocycles.